The molecule has 1 saturated heterocycles. The van der Waals surface area contributed by atoms with Crippen molar-refractivity contribution >= 4 is 27.8 Å². The molecule has 1 atom stereocenters. The number of fused-ring (bicyclic) bond motifs is 2. The Labute approximate surface area is 170 Å². The molecular formula is C20H26N4O4S. The molecule has 8 nitrogen and oxygen atoms in total. The highest BCUT2D eigenvalue weighted by Crippen LogP contribution is 2.38. The maximum Gasteiger partial charge on any atom is 0.333 e. The van der Waals surface area contributed by atoms with Crippen LogP contribution in [0.25, 0.3) is 0 Å². The van der Waals surface area contributed by atoms with Crippen molar-refractivity contribution in [2.24, 2.45) is 5.73 Å². The minimum Gasteiger partial charge on any atom is -0.351 e. The average Bonchev–Trinajstić information content (AvgIpc) is 3.39. The standard InChI is InChI=1S/C20H26N4O4S/c21-19(25)24-10-3-6-15(24)9-11-29(27,28)23-20(26)22-18-16-7-1-4-13(16)12-14-5-2-8-17(14)18/h9,11-12,15H,1-8,10H2,(H2,21,25)(H2,22,23,26). The maximum absolute atomic E-state index is 12.5. The van der Waals surface area contributed by atoms with Crippen molar-refractivity contribution in [1.29, 1.82) is 0 Å². The molecule has 0 aromatic heterocycles. The lowest BCUT2D eigenvalue weighted by Gasteiger charge is -2.19. The number of benzene rings is 1. The second-order valence-corrected chi connectivity index (χ2v) is 9.47. The molecule has 9 heteroatoms. The topological polar surface area (TPSA) is 122 Å². The van der Waals surface area contributed by atoms with Crippen molar-refractivity contribution in [2.45, 2.75) is 57.4 Å². The van der Waals surface area contributed by atoms with Gasteiger partial charge in [-0.1, -0.05) is 6.07 Å². The summed E-state index contributed by atoms with van der Waals surface area (Å²) in [7, 11) is -3.99. The number of rotatable bonds is 4. The van der Waals surface area contributed by atoms with Gasteiger partial charge in [-0.25, -0.2) is 22.7 Å². The van der Waals surface area contributed by atoms with Crippen LogP contribution in [0.2, 0.25) is 0 Å². The fourth-order valence-electron chi connectivity index (χ4n) is 4.73. The lowest BCUT2D eigenvalue weighted by Crippen LogP contribution is -2.39. The van der Waals surface area contributed by atoms with Crippen LogP contribution in [0.15, 0.2) is 17.6 Å². The van der Waals surface area contributed by atoms with Crippen LogP contribution < -0.4 is 15.8 Å². The first-order valence-electron chi connectivity index (χ1n) is 10.1. The SMILES string of the molecule is NC(=O)N1CCCC1C=CS(=O)(=O)NC(=O)Nc1c2c(cc3c1CCC3)CCC2. The van der Waals surface area contributed by atoms with Gasteiger partial charge in [-0.3, -0.25) is 0 Å². The van der Waals surface area contributed by atoms with E-state index in [0.717, 1.165) is 67.2 Å². The van der Waals surface area contributed by atoms with Gasteiger partial charge in [-0.15, -0.1) is 0 Å². The van der Waals surface area contributed by atoms with Crippen LogP contribution in [-0.2, 0) is 35.7 Å². The van der Waals surface area contributed by atoms with Gasteiger partial charge >= 0.3 is 12.1 Å². The number of amides is 4. The number of sulfonamides is 1. The van der Waals surface area contributed by atoms with Gasteiger partial charge < -0.3 is 16.0 Å². The zero-order chi connectivity index (χ0) is 20.6. The lowest BCUT2D eigenvalue weighted by molar-refractivity contribution is 0.210. The van der Waals surface area contributed by atoms with Crippen LogP contribution in [0.1, 0.15) is 47.9 Å². The maximum atomic E-state index is 12.5. The third kappa shape index (κ3) is 4.10. The lowest BCUT2D eigenvalue weighted by atomic mass is 9.99. The number of nitrogens with zero attached hydrogens (tertiary/aromatic N) is 1. The number of hydrogen-bond acceptors (Lipinski definition) is 4. The van der Waals surface area contributed by atoms with E-state index in [2.05, 4.69) is 16.1 Å². The van der Waals surface area contributed by atoms with Crippen molar-refractivity contribution in [1.82, 2.24) is 9.62 Å². The first-order chi connectivity index (χ1) is 13.8. The van der Waals surface area contributed by atoms with E-state index in [-0.39, 0.29) is 6.04 Å². The fourth-order valence-corrected chi connectivity index (χ4v) is 5.50. The minimum atomic E-state index is -3.99. The average molecular weight is 419 g/mol. The molecule has 29 heavy (non-hydrogen) atoms. The summed E-state index contributed by atoms with van der Waals surface area (Å²) in [5.41, 5.74) is 10.9. The Hall–Kier alpha value is -2.55. The summed E-state index contributed by atoms with van der Waals surface area (Å²) in [6.45, 7) is 0.503. The number of urea groups is 2. The fraction of sp³-hybridized carbons (Fsp3) is 0.500. The largest absolute Gasteiger partial charge is 0.351 e. The number of carbonyl (C=O) groups is 2. The van der Waals surface area contributed by atoms with Crippen LogP contribution in [0, 0.1) is 0 Å². The van der Waals surface area contributed by atoms with Crippen LogP contribution in [0.4, 0.5) is 15.3 Å². The quantitative estimate of drug-likeness (QED) is 0.694. The van der Waals surface area contributed by atoms with Crippen LogP contribution in [-0.4, -0.2) is 38.0 Å². The number of nitrogens with one attached hydrogen (secondary N) is 2. The molecule has 1 aromatic carbocycles. The monoisotopic (exact) mass is 418 g/mol. The molecule has 0 saturated carbocycles. The van der Waals surface area contributed by atoms with Crippen molar-refractivity contribution in [3.05, 3.63) is 39.8 Å². The van der Waals surface area contributed by atoms with E-state index in [1.54, 1.807) is 0 Å². The summed E-state index contributed by atoms with van der Waals surface area (Å²) in [4.78, 5) is 25.3. The van der Waals surface area contributed by atoms with E-state index in [1.807, 2.05) is 0 Å². The summed E-state index contributed by atoms with van der Waals surface area (Å²) in [6, 6.07) is 0.543. The predicted molar refractivity (Wildman–Crippen MR) is 110 cm³/mol. The molecule has 1 aromatic rings. The van der Waals surface area contributed by atoms with Gasteiger partial charge in [0.15, 0.2) is 0 Å². The summed E-state index contributed by atoms with van der Waals surface area (Å²) in [6.07, 6.45) is 8.70. The summed E-state index contributed by atoms with van der Waals surface area (Å²) in [5, 5.41) is 3.75. The molecule has 0 bridgehead atoms. The van der Waals surface area contributed by atoms with Crippen molar-refractivity contribution in [3.63, 3.8) is 0 Å². The molecule has 0 spiro atoms. The molecular weight excluding hydrogens is 392 g/mol. The molecule has 4 rings (SSSR count). The highest BCUT2D eigenvalue weighted by molar-refractivity contribution is 7.92. The second-order valence-electron chi connectivity index (χ2n) is 7.90. The first-order valence-corrected chi connectivity index (χ1v) is 11.6. The third-order valence-corrected chi connectivity index (χ3v) is 6.99. The number of likely N-dealkylation sites (tertiary alicyclic amines) is 1. The molecule has 4 amide bonds. The van der Waals surface area contributed by atoms with Crippen molar-refractivity contribution in [3.8, 4) is 0 Å². The first kappa shape index (κ1) is 19.8. The normalized spacial score (nSPS) is 20.7. The highest BCUT2D eigenvalue weighted by Gasteiger charge is 2.27. The number of nitrogens with two attached hydrogens (primary N) is 1. The van der Waals surface area contributed by atoms with Crippen molar-refractivity contribution in [2.75, 3.05) is 11.9 Å². The van der Waals surface area contributed by atoms with Crippen LogP contribution in [0.3, 0.4) is 0 Å². The zero-order valence-corrected chi connectivity index (χ0v) is 17.1. The number of anilines is 1. The predicted octanol–water partition coefficient (Wildman–Crippen LogP) is 2.17. The smallest absolute Gasteiger partial charge is 0.333 e. The van der Waals surface area contributed by atoms with Crippen LogP contribution in [0.5, 0.6) is 0 Å². The van der Waals surface area contributed by atoms with Gasteiger partial charge in [0.1, 0.15) is 0 Å². The Bertz CT molecular complexity index is 954. The summed E-state index contributed by atoms with van der Waals surface area (Å²) in [5.74, 6) is 0. The Balaban J connectivity index is 1.46. The number of aryl methyl sites for hydroxylation is 2. The van der Waals surface area contributed by atoms with Gasteiger partial charge in [-0.2, -0.15) is 0 Å². The molecule has 4 N–H and O–H groups in total. The van der Waals surface area contributed by atoms with Gasteiger partial charge in [0, 0.05) is 17.6 Å². The highest BCUT2D eigenvalue weighted by atomic mass is 32.2. The summed E-state index contributed by atoms with van der Waals surface area (Å²) < 4.78 is 26.7. The van der Waals surface area contributed by atoms with E-state index in [1.165, 1.54) is 22.1 Å². The van der Waals surface area contributed by atoms with Crippen molar-refractivity contribution < 1.29 is 18.0 Å². The molecule has 3 aliphatic rings. The molecule has 1 aliphatic heterocycles. The number of carbonyl (C=O) groups excluding carboxylic acids is 2. The van der Waals surface area contributed by atoms with Gasteiger partial charge in [0.25, 0.3) is 10.0 Å². The van der Waals surface area contributed by atoms with Crippen LogP contribution >= 0.6 is 0 Å². The molecule has 1 heterocycles. The van der Waals surface area contributed by atoms with E-state index in [0.29, 0.717) is 13.0 Å². The van der Waals surface area contributed by atoms with E-state index in [9.17, 15) is 18.0 Å². The van der Waals surface area contributed by atoms with Gasteiger partial charge in [-0.05, 0) is 79.7 Å². The second kappa shape index (κ2) is 7.70. The molecule has 2 aliphatic carbocycles. The zero-order valence-electron chi connectivity index (χ0n) is 16.2. The van der Waals surface area contributed by atoms with E-state index >= 15 is 0 Å². The molecule has 156 valence electrons. The Morgan fingerprint density at radius 2 is 1.72 bits per heavy atom. The van der Waals surface area contributed by atoms with E-state index in [4.69, 9.17) is 5.73 Å². The Morgan fingerprint density at radius 3 is 2.34 bits per heavy atom. The molecule has 1 unspecified atom stereocenters. The van der Waals surface area contributed by atoms with Gasteiger partial charge in [0.2, 0.25) is 0 Å². The molecule has 0 radical (unpaired) electrons. The summed E-state index contributed by atoms with van der Waals surface area (Å²) >= 11 is 0. The number of hydrogen-bond donors (Lipinski definition) is 3. The minimum absolute atomic E-state index is 0.368. The number of primary amides is 1. The molecule has 1 fully saturated rings. The Morgan fingerprint density at radius 1 is 1.07 bits per heavy atom. The third-order valence-electron chi connectivity index (χ3n) is 6.01. The van der Waals surface area contributed by atoms with Gasteiger partial charge in [0.05, 0.1) is 6.04 Å². The van der Waals surface area contributed by atoms with E-state index < -0.39 is 22.1 Å². The Kier molecular flexibility index (Phi) is 5.24.